The smallest absolute Gasteiger partial charge is 0.270 e. The molecule has 3 atom stereocenters. The van der Waals surface area contributed by atoms with Gasteiger partial charge in [-0.25, -0.2) is 24.6 Å². The zero-order chi connectivity index (χ0) is 26.4. The van der Waals surface area contributed by atoms with Gasteiger partial charge in [0.1, 0.15) is 23.1 Å². The van der Waals surface area contributed by atoms with Crippen molar-refractivity contribution in [3.8, 4) is 0 Å². The highest BCUT2D eigenvalue weighted by molar-refractivity contribution is 5.92. The zero-order valence-electron chi connectivity index (χ0n) is 19.5. The average molecular weight is 520 g/mol. The fourth-order valence-corrected chi connectivity index (χ4v) is 4.81. The lowest BCUT2D eigenvalue weighted by molar-refractivity contribution is 0.0927. The molecule has 0 saturated heterocycles. The van der Waals surface area contributed by atoms with Gasteiger partial charge in [-0.05, 0) is 36.4 Å². The molecule has 3 aliphatic heterocycles. The summed E-state index contributed by atoms with van der Waals surface area (Å²) in [5, 5.41) is 3.67. The number of allylic oxidation sites excluding steroid dienone is 1. The summed E-state index contributed by atoms with van der Waals surface area (Å²) in [5.74, 6) is 3.69. The number of hydrazine groups is 1. The number of fused-ring (bicyclic) bond motifs is 3. The third-order valence-corrected chi connectivity index (χ3v) is 6.58. The van der Waals surface area contributed by atoms with Crippen LogP contribution in [0.3, 0.4) is 0 Å². The molecule has 0 bridgehead atoms. The molecule has 38 heavy (non-hydrogen) atoms. The van der Waals surface area contributed by atoms with E-state index in [1.807, 2.05) is 0 Å². The number of nitrogens with zero attached hydrogens (tertiary/aromatic N) is 4. The molecular formula is C26H19F3N6O3. The molecule has 5 heterocycles. The molecule has 2 aromatic rings. The van der Waals surface area contributed by atoms with Crippen LogP contribution in [0, 0.1) is 11.6 Å². The predicted octanol–water partition coefficient (Wildman–Crippen LogP) is 3.40. The molecule has 0 fully saturated rings. The maximum Gasteiger partial charge on any atom is 0.270 e. The van der Waals surface area contributed by atoms with Crippen molar-refractivity contribution in [1.29, 1.82) is 0 Å². The van der Waals surface area contributed by atoms with E-state index in [0.29, 0.717) is 22.5 Å². The minimum atomic E-state index is -1.34. The minimum Gasteiger partial charge on any atom is -0.463 e. The molecule has 1 aliphatic carbocycles. The van der Waals surface area contributed by atoms with Crippen LogP contribution in [0.15, 0.2) is 101 Å². The molecule has 1 amide bonds. The first-order chi connectivity index (χ1) is 18.4. The lowest BCUT2D eigenvalue weighted by Gasteiger charge is -2.45. The van der Waals surface area contributed by atoms with Crippen LogP contribution in [0.2, 0.25) is 0 Å². The number of pyridine rings is 2. The van der Waals surface area contributed by atoms with E-state index in [4.69, 9.17) is 15.3 Å². The highest BCUT2D eigenvalue weighted by Gasteiger charge is 2.51. The maximum absolute atomic E-state index is 15.7. The molecule has 3 N–H and O–H groups in total. The number of nitrogens with one attached hydrogen (secondary N) is 1. The maximum atomic E-state index is 15.7. The van der Waals surface area contributed by atoms with Crippen LogP contribution in [0.1, 0.15) is 28.5 Å². The van der Waals surface area contributed by atoms with E-state index < -0.39 is 41.2 Å². The van der Waals surface area contributed by atoms with Crippen LogP contribution in [0.4, 0.5) is 13.2 Å². The summed E-state index contributed by atoms with van der Waals surface area (Å²) < 4.78 is 54.8. The number of carbonyl (C=O) groups is 1. The number of ether oxygens (including phenoxy) is 2. The molecule has 0 saturated carbocycles. The first kappa shape index (κ1) is 23.7. The normalized spacial score (nSPS) is 25.5. The Morgan fingerprint density at radius 3 is 2.79 bits per heavy atom. The van der Waals surface area contributed by atoms with Crippen LogP contribution in [-0.2, 0) is 9.47 Å². The first-order valence-corrected chi connectivity index (χ1v) is 11.5. The number of aromatic nitrogens is 2. The number of rotatable bonds is 3. The topological polar surface area (TPSA) is 115 Å². The van der Waals surface area contributed by atoms with Crippen molar-refractivity contribution >= 4 is 12.3 Å². The number of halogens is 3. The fourth-order valence-electron chi connectivity index (χ4n) is 4.81. The molecular weight excluding hydrogens is 501 g/mol. The van der Waals surface area contributed by atoms with Crippen molar-refractivity contribution in [3.05, 3.63) is 119 Å². The van der Waals surface area contributed by atoms with E-state index >= 15 is 4.39 Å². The van der Waals surface area contributed by atoms with E-state index in [2.05, 4.69) is 20.3 Å². The summed E-state index contributed by atoms with van der Waals surface area (Å²) in [4.78, 5) is 24.4. The van der Waals surface area contributed by atoms with Gasteiger partial charge in [-0.2, -0.15) is 4.39 Å². The van der Waals surface area contributed by atoms with Crippen LogP contribution >= 0.6 is 0 Å². The Labute approximate surface area is 214 Å². The van der Waals surface area contributed by atoms with E-state index in [-0.39, 0.29) is 17.9 Å². The Hall–Kier alpha value is -4.71. The number of hydrogen-bond acceptors (Lipinski definition) is 8. The molecule has 0 aromatic carbocycles. The quantitative estimate of drug-likeness (QED) is 0.471. The molecule has 192 valence electrons. The lowest BCUT2D eigenvalue weighted by atomic mass is 9.75. The second-order valence-corrected chi connectivity index (χ2v) is 8.86. The second kappa shape index (κ2) is 8.99. The monoisotopic (exact) mass is 520 g/mol. The number of aliphatic imine (C=N–C) groups is 1. The summed E-state index contributed by atoms with van der Waals surface area (Å²) in [6.45, 7) is 0. The molecule has 2 unspecified atom stereocenters. The molecule has 12 heteroatoms. The van der Waals surface area contributed by atoms with Crippen LogP contribution < -0.4 is 11.2 Å². The van der Waals surface area contributed by atoms with E-state index in [1.54, 1.807) is 24.3 Å². The molecule has 0 radical (unpaired) electrons. The van der Waals surface area contributed by atoms with Crippen LogP contribution in [0.5, 0.6) is 0 Å². The Kier molecular flexibility index (Phi) is 5.60. The highest BCUT2D eigenvalue weighted by Crippen LogP contribution is 2.51. The Bertz CT molecular complexity index is 1510. The number of hydrogen-bond donors (Lipinski definition) is 2. The van der Waals surface area contributed by atoms with Crippen molar-refractivity contribution in [1.82, 2.24) is 20.3 Å². The lowest BCUT2D eigenvalue weighted by Crippen LogP contribution is -2.48. The van der Waals surface area contributed by atoms with Gasteiger partial charge in [-0.15, -0.1) is 0 Å². The van der Waals surface area contributed by atoms with Gasteiger partial charge in [0.2, 0.25) is 5.95 Å². The van der Waals surface area contributed by atoms with E-state index in [1.165, 1.54) is 30.9 Å². The molecule has 2 aromatic heterocycles. The summed E-state index contributed by atoms with van der Waals surface area (Å²) in [6, 6.07) is 2.20. The van der Waals surface area contributed by atoms with Crippen molar-refractivity contribution in [3.63, 3.8) is 0 Å². The van der Waals surface area contributed by atoms with Gasteiger partial charge in [0.15, 0.2) is 17.8 Å². The van der Waals surface area contributed by atoms with Crippen LogP contribution in [-0.4, -0.2) is 38.9 Å². The standard InChI is InChI=1S/C26H19F3N6O3/c27-15-1-3-20(33-12-15)25(36)34-17-2-4-22-18(8-17)26(5-6-31-13-37-26)19-9-21(14-7-16(28)11-32-10-14)35(30)24(29)23(19)38-22/h1-7,9-13,17,21H,8,30H2,(H,34,36)/t17?,21?,26-/m0/s1. The van der Waals surface area contributed by atoms with Crippen molar-refractivity contribution in [2.45, 2.75) is 24.1 Å². The highest BCUT2D eigenvalue weighted by atomic mass is 19.1. The van der Waals surface area contributed by atoms with Gasteiger partial charge in [-0.1, -0.05) is 6.08 Å². The summed E-state index contributed by atoms with van der Waals surface area (Å²) in [6.07, 6.45) is 12.9. The molecule has 4 aliphatic rings. The van der Waals surface area contributed by atoms with Crippen LogP contribution in [0.25, 0.3) is 0 Å². The summed E-state index contributed by atoms with van der Waals surface area (Å²) >= 11 is 0. The molecule has 6 rings (SSSR count). The number of amides is 1. The Morgan fingerprint density at radius 2 is 2.05 bits per heavy atom. The van der Waals surface area contributed by atoms with Crippen molar-refractivity contribution in [2.24, 2.45) is 10.8 Å². The zero-order valence-corrected chi connectivity index (χ0v) is 19.5. The third-order valence-electron chi connectivity index (χ3n) is 6.58. The molecule has 9 nitrogen and oxygen atoms in total. The van der Waals surface area contributed by atoms with Crippen molar-refractivity contribution in [2.75, 3.05) is 0 Å². The van der Waals surface area contributed by atoms with Gasteiger partial charge in [0, 0.05) is 35.5 Å². The largest absolute Gasteiger partial charge is 0.463 e. The Balaban J connectivity index is 1.38. The Morgan fingerprint density at radius 1 is 1.18 bits per heavy atom. The van der Waals surface area contributed by atoms with E-state index in [9.17, 15) is 13.6 Å². The summed E-state index contributed by atoms with van der Waals surface area (Å²) in [5.41, 5.74) is -0.0914. The van der Waals surface area contributed by atoms with E-state index in [0.717, 1.165) is 23.5 Å². The number of carbonyl (C=O) groups excluding carboxylic acids is 1. The summed E-state index contributed by atoms with van der Waals surface area (Å²) in [7, 11) is 0. The van der Waals surface area contributed by atoms with Gasteiger partial charge in [0.25, 0.3) is 5.91 Å². The first-order valence-electron chi connectivity index (χ1n) is 11.5. The minimum absolute atomic E-state index is 0.0481. The predicted molar refractivity (Wildman–Crippen MR) is 128 cm³/mol. The number of nitrogens with two attached hydrogens (primary N) is 1. The third kappa shape index (κ3) is 3.86. The van der Waals surface area contributed by atoms with Gasteiger partial charge < -0.3 is 14.8 Å². The molecule has 1 spiro atoms. The van der Waals surface area contributed by atoms with Gasteiger partial charge in [-0.3, -0.25) is 14.8 Å². The fraction of sp³-hybridized carbons (Fsp3) is 0.154. The van der Waals surface area contributed by atoms with Gasteiger partial charge in [0.05, 0.1) is 24.5 Å². The second-order valence-electron chi connectivity index (χ2n) is 8.86. The van der Waals surface area contributed by atoms with Gasteiger partial charge >= 0.3 is 0 Å². The van der Waals surface area contributed by atoms with Crippen molar-refractivity contribution < 1.29 is 27.4 Å². The SMILES string of the molecule is NN1C(F)=C2OC3=C(CC(NC(=O)c4ccc(F)cn4)C=C3)[C@@]3(C=CN=CO3)C2=CC1c1cncc(F)c1. The average Bonchev–Trinajstić information content (AvgIpc) is 2.92.